The van der Waals surface area contributed by atoms with Crippen LogP contribution in [0.2, 0.25) is 0 Å². The first-order valence-corrected chi connectivity index (χ1v) is 7.72. The van der Waals surface area contributed by atoms with Crippen molar-refractivity contribution in [3.05, 3.63) is 53.0 Å². The van der Waals surface area contributed by atoms with Crippen molar-refractivity contribution >= 4 is 22.7 Å². The number of oxazole rings is 1. The lowest BCUT2D eigenvalue weighted by molar-refractivity contribution is -0.116. The van der Waals surface area contributed by atoms with Gasteiger partial charge in [0, 0.05) is 36.9 Å². The number of carbonyl (C=O) groups excluding carboxylic acids is 1. The van der Waals surface area contributed by atoms with E-state index in [1.807, 2.05) is 6.07 Å². The fourth-order valence-corrected chi connectivity index (χ4v) is 2.54. The molecule has 1 amide bonds. The summed E-state index contributed by atoms with van der Waals surface area (Å²) in [6.45, 7) is 0.225. The van der Waals surface area contributed by atoms with Crippen LogP contribution in [0.3, 0.4) is 0 Å². The number of hydrogen-bond donors (Lipinski definition) is 1. The number of methoxy groups -OCH3 is 2. The smallest absolute Gasteiger partial charge is 0.419 e. The Balaban J connectivity index is 1.71. The van der Waals surface area contributed by atoms with Crippen molar-refractivity contribution in [3.8, 4) is 11.5 Å². The number of para-hydroxylation sites is 2. The van der Waals surface area contributed by atoms with Crippen molar-refractivity contribution in [1.29, 1.82) is 0 Å². The molecule has 0 atom stereocenters. The van der Waals surface area contributed by atoms with Crippen molar-refractivity contribution in [2.45, 2.75) is 13.0 Å². The van der Waals surface area contributed by atoms with Crippen LogP contribution in [-0.2, 0) is 11.3 Å². The zero-order valence-corrected chi connectivity index (χ0v) is 13.9. The standard InChI is InChI=1S/C18H18N2O5/c1-23-13-9-12(10-14(11-13)24-2)19-17(21)7-8-20-15-5-3-4-6-16(15)25-18(20)22/h3-6,9-11H,7-8H2,1-2H3,(H,19,21). The second-order valence-corrected chi connectivity index (χ2v) is 5.39. The molecule has 0 saturated heterocycles. The molecule has 0 unspecified atom stereocenters. The zero-order chi connectivity index (χ0) is 17.8. The Labute approximate surface area is 143 Å². The number of rotatable bonds is 6. The van der Waals surface area contributed by atoms with Gasteiger partial charge in [-0.2, -0.15) is 0 Å². The maximum absolute atomic E-state index is 12.2. The first kappa shape index (κ1) is 16.6. The summed E-state index contributed by atoms with van der Waals surface area (Å²) < 4.78 is 16.9. The summed E-state index contributed by atoms with van der Waals surface area (Å²) in [7, 11) is 3.08. The molecule has 0 aliphatic rings. The van der Waals surface area contributed by atoms with Crippen molar-refractivity contribution in [1.82, 2.24) is 4.57 Å². The molecule has 3 aromatic rings. The molecule has 0 fully saturated rings. The van der Waals surface area contributed by atoms with Crippen LogP contribution in [0.15, 0.2) is 51.7 Å². The number of aryl methyl sites for hydroxylation is 1. The molecule has 25 heavy (non-hydrogen) atoms. The lowest BCUT2D eigenvalue weighted by Gasteiger charge is -2.10. The van der Waals surface area contributed by atoms with E-state index in [1.165, 1.54) is 18.8 Å². The third kappa shape index (κ3) is 3.65. The van der Waals surface area contributed by atoms with Gasteiger partial charge in [0.15, 0.2) is 5.58 Å². The molecule has 3 rings (SSSR count). The van der Waals surface area contributed by atoms with Crippen LogP contribution >= 0.6 is 0 Å². The fourth-order valence-electron chi connectivity index (χ4n) is 2.54. The van der Waals surface area contributed by atoms with Crippen molar-refractivity contribution < 1.29 is 18.7 Å². The number of aromatic nitrogens is 1. The van der Waals surface area contributed by atoms with Gasteiger partial charge in [-0.1, -0.05) is 12.1 Å². The van der Waals surface area contributed by atoms with Crippen LogP contribution < -0.4 is 20.5 Å². The number of amides is 1. The minimum atomic E-state index is -0.475. The minimum Gasteiger partial charge on any atom is -0.497 e. The topological polar surface area (TPSA) is 82.7 Å². The molecule has 0 radical (unpaired) electrons. The molecule has 130 valence electrons. The van der Waals surface area contributed by atoms with E-state index in [1.54, 1.807) is 36.4 Å². The number of benzene rings is 2. The summed E-state index contributed by atoms with van der Waals surface area (Å²) in [5.41, 5.74) is 1.74. The molecule has 1 heterocycles. The van der Waals surface area contributed by atoms with Crippen molar-refractivity contribution in [2.24, 2.45) is 0 Å². The van der Waals surface area contributed by atoms with Gasteiger partial charge in [0.1, 0.15) is 11.5 Å². The number of hydrogen-bond acceptors (Lipinski definition) is 5. The highest BCUT2D eigenvalue weighted by molar-refractivity contribution is 5.91. The highest BCUT2D eigenvalue weighted by Gasteiger charge is 2.11. The Bertz CT molecular complexity index is 935. The highest BCUT2D eigenvalue weighted by Crippen LogP contribution is 2.25. The molecular formula is C18H18N2O5. The minimum absolute atomic E-state index is 0.128. The predicted molar refractivity (Wildman–Crippen MR) is 93.3 cm³/mol. The summed E-state index contributed by atoms with van der Waals surface area (Å²) in [5, 5.41) is 2.78. The lowest BCUT2D eigenvalue weighted by Crippen LogP contribution is -2.19. The molecular weight excluding hydrogens is 324 g/mol. The maximum Gasteiger partial charge on any atom is 0.419 e. The maximum atomic E-state index is 12.2. The van der Waals surface area contributed by atoms with Crippen LogP contribution in [-0.4, -0.2) is 24.7 Å². The molecule has 0 aliphatic carbocycles. The molecule has 0 spiro atoms. The van der Waals surface area contributed by atoms with Crippen molar-refractivity contribution in [3.63, 3.8) is 0 Å². The lowest BCUT2D eigenvalue weighted by atomic mass is 10.2. The van der Waals surface area contributed by atoms with Crippen LogP contribution in [0.25, 0.3) is 11.1 Å². The van der Waals surface area contributed by atoms with Crippen molar-refractivity contribution in [2.75, 3.05) is 19.5 Å². The van der Waals surface area contributed by atoms with Gasteiger partial charge >= 0.3 is 5.76 Å². The summed E-state index contributed by atoms with van der Waals surface area (Å²) in [6.07, 6.45) is 0.128. The Morgan fingerprint density at radius 1 is 1.12 bits per heavy atom. The largest absolute Gasteiger partial charge is 0.497 e. The Hall–Kier alpha value is -3.22. The van der Waals surface area contributed by atoms with E-state index in [-0.39, 0.29) is 18.9 Å². The second kappa shape index (κ2) is 7.12. The molecule has 7 nitrogen and oxygen atoms in total. The Morgan fingerprint density at radius 3 is 2.48 bits per heavy atom. The van der Waals surface area contributed by atoms with E-state index in [4.69, 9.17) is 13.9 Å². The first-order chi connectivity index (χ1) is 12.1. The van der Waals surface area contributed by atoms with Gasteiger partial charge < -0.3 is 19.2 Å². The van der Waals surface area contributed by atoms with Gasteiger partial charge in [-0.15, -0.1) is 0 Å². The third-order valence-electron chi connectivity index (χ3n) is 3.77. The normalized spacial score (nSPS) is 10.6. The van der Waals surface area contributed by atoms with Gasteiger partial charge in [-0.05, 0) is 12.1 Å². The monoisotopic (exact) mass is 342 g/mol. The van der Waals surface area contributed by atoms with Crippen LogP contribution in [0, 0.1) is 0 Å². The van der Waals surface area contributed by atoms with E-state index >= 15 is 0 Å². The average molecular weight is 342 g/mol. The predicted octanol–water partition coefficient (Wildman–Crippen LogP) is 2.64. The van der Waals surface area contributed by atoms with Gasteiger partial charge in [0.2, 0.25) is 5.91 Å². The molecule has 1 N–H and O–H groups in total. The first-order valence-electron chi connectivity index (χ1n) is 7.72. The van der Waals surface area contributed by atoms with Gasteiger partial charge in [0.25, 0.3) is 0 Å². The van der Waals surface area contributed by atoms with Gasteiger partial charge in [-0.3, -0.25) is 9.36 Å². The summed E-state index contributed by atoms with van der Waals surface area (Å²) in [6, 6.07) is 12.2. The number of carbonyl (C=O) groups is 1. The molecule has 0 aliphatic heterocycles. The molecule has 1 aromatic heterocycles. The van der Waals surface area contributed by atoms with Crippen LogP contribution in [0.4, 0.5) is 5.69 Å². The zero-order valence-electron chi connectivity index (χ0n) is 13.9. The number of nitrogens with one attached hydrogen (secondary N) is 1. The average Bonchev–Trinajstić information content (AvgIpc) is 2.94. The summed E-state index contributed by atoms with van der Waals surface area (Å²) in [4.78, 5) is 24.1. The number of fused-ring (bicyclic) bond motifs is 1. The fraction of sp³-hybridized carbons (Fsp3) is 0.222. The third-order valence-corrected chi connectivity index (χ3v) is 3.77. The SMILES string of the molecule is COc1cc(NC(=O)CCn2c(=O)oc3ccccc32)cc(OC)c1. The molecule has 0 saturated carbocycles. The van der Waals surface area contributed by atoms with E-state index in [2.05, 4.69) is 5.32 Å². The molecule has 0 bridgehead atoms. The Kier molecular flexibility index (Phi) is 4.74. The second-order valence-electron chi connectivity index (χ2n) is 5.39. The highest BCUT2D eigenvalue weighted by atomic mass is 16.5. The van der Waals surface area contributed by atoms with Crippen LogP contribution in [0.5, 0.6) is 11.5 Å². The molecule has 7 heteroatoms. The van der Waals surface area contributed by atoms with Gasteiger partial charge in [0.05, 0.1) is 19.7 Å². The van der Waals surface area contributed by atoms with Crippen LogP contribution in [0.1, 0.15) is 6.42 Å². The van der Waals surface area contributed by atoms with E-state index < -0.39 is 5.76 Å². The van der Waals surface area contributed by atoms with E-state index in [9.17, 15) is 9.59 Å². The Morgan fingerprint density at radius 2 is 1.80 bits per heavy atom. The quantitative estimate of drug-likeness (QED) is 0.745. The van der Waals surface area contributed by atoms with Gasteiger partial charge in [-0.25, -0.2) is 4.79 Å². The van der Waals surface area contributed by atoms with E-state index in [0.717, 1.165) is 0 Å². The van der Waals surface area contributed by atoms with E-state index in [0.29, 0.717) is 28.3 Å². The molecule has 2 aromatic carbocycles. The summed E-state index contributed by atoms with van der Waals surface area (Å²) in [5.74, 6) is 0.447. The summed E-state index contributed by atoms with van der Waals surface area (Å²) >= 11 is 0. The number of anilines is 1. The number of nitrogens with zero attached hydrogens (tertiary/aromatic N) is 1. The number of ether oxygens (including phenoxy) is 2.